The lowest BCUT2D eigenvalue weighted by Crippen LogP contribution is -2.39. The lowest BCUT2D eigenvalue weighted by atomic mass is 10.2. The number of nitrogen functional groups attached to an aromatic ring is 1. The predicted octanol–water partition coefficient (Wildman–Crippen LogP) is 0.633. The van der Waals surface area contributed by atoms with Gasteiger partial charge in [-0.1, -0.05) is 0 Å². The van der Waals surface area contributed by atoms with Crippen LogP contribution in [0.1, 0.15) is 13.3 Å². The molecule has 0 amide bonds. The molecule has 9 heteroatoms. The molecule has 0 saturated carbocycles. The highest BCUT2D eigenvalue weighted by Gasteiger charge is 2.32. The maximum absolute atomic E-state index is 12.3. The van der Waals surface area contributed by atoms with E-state index in [0.29, 0.717) is 13.0 Å². The molecule has 3 N–H and O–H groups in total. The Labute approximate surface area is 116 Å². The van der Waals surface area contributed by atoms with Crippen molar-refractivity contribution in [2.45, 2.75) is 30.4 Å². The first-order valence-electron chi connectivity index (χ1n) is 5.99. The van der Waals surface area contributed by atoms with Gasteiger partial charge in [-0.05, 0) is 25.5 Å². The Balaban J connectivity index is 2.38. The van der Waals surface area contributed by atoms with Gasteiger partial charge in [-0.15, -0.1) is 0 Å². The fraction of sp³-hybridized carbons (Fsp3) is 0.455. The number of anilines is 1. The van der Waals surface area contributed by atoms with Crippen LogP contribution in [0.2, 0.25) is 0 Å². The normalized spacial score (nSPS) is 22.9. The van der Waals surface area contributed by atoms with Crippen LogP contribution in [0.5, 0.6) is 0 Å². The molecule has 1 heterocycles. The minimum absolute atomic E-state index is 0.145. The molecule has 0 aliphatic carbocycles. The number of nitrogens with two attached hydrogens (primary N) is 1. The van der Waals surface area contributed by atoms with Crippen molar-refractivity contribution in [2.75, 3.05) is 12.3 Å². The van der Waals surface area contributed by atoms with Crippen LogP contribution in [0.3, 0.4) is 0 Å². The van der Waals surface area contributed by atoms with Gasteiger partial charge in [0, 0.05) is 18.4 Å². The number of rotatable bonds is 4. The molecule has 1 aliphatic heterocycles. The molecule has 2 atom stereocenters. The molecule has 0 radical (unpaired) electrons. The zero-order valence-corrected chi connectivity index (χ0v) is 11.6. The van der Waals surface area contributed by atoms with Crippen molar-refractivity contribution in [3.63, 3.8) is 0 Å². The summed E-state index contributed by atoms with van der Waals surface area (Å²) in [6.07, 6.45) is 0.251. The summed E-state index contributed by atoms with van der Waals surface area (Å²) in [7, 11) is -4.03. The lowest BCUT2D eigenvalue weighted by molar-refractivity contribution is -0.387. The SMILES string of the molecule is CC1OCCC1NS(=O)(=O)c1cc(N)ccc1[N+](=O)[O-]. The topological polar surface area (TPSA) is 125 Å². The molecule has 8 nitrogen and oxygen atoms in total. The van der Waals surface area contributed by atoms with Crippen molar-refractivity contribution in [1.29, 1.82) is 0 Å². The smallest absolute Gasteiger partial charge is 0.289 e. The molecule has 1 aromatic carbocycles. The number of nitrogens with one attached hydrogen (secondary N) is 1. The Hall–Kier alpha value is -1.71. The first-order chi connectivity index (χ1) is 9.31. The predicted molar refractivity (Wildman–Crippen MR) is 71.6 cm³/mol. The second kappa shape index (κ2) is 5.35. The second-order valence-electron chi connectivity index (χ2n) is 4.58. The van der Waals surface area contributed by atoms with E-state index < -0.39 is 31.6 Å². The monoisotopic (exact) mass is 301 g/mol. The molecule has 1 aliphatic rings. The highest BCUT2D eigenvalue weighted by atomic mass is 32.2. The molecular formula is C11H15N3O5S. The van der Waals surface area contributed by atoms with Crippen LogP contribution in [0, 0.1) is 10.1 Å². The van der Waals surface area contributed by atoms with Crippen LogP contribution in [-0.4, -0.2) is 32.1 Å². The van der Waals surface area contributed by atoms with Crippen molar-refractivity contribution < 1.29 is 18.1 Å². The highest BCUT2D eigenvalue weighted by molar-refractivity contribution is 7.89. The van der Waals surface area contributed by atoms with E-state index in [1.165, 1.54) is 6.07 Å². The third-order valence-corrected chi connectivity index (χ3v) is 4.67. The molecule has 2 unspecified atom stereocenters. The van der Waals surface area contributed by atoms with Crippen LogP contribution >= 0.6 is 0 Å². The summed E-state index contributed by atoms with van der Waals surface area (Å²) in [5, 5.41) is 10.9. The minimum atomic E-state index is -4.03. The summed E-state index contributed by atoms with van der Waals surface area (Å²) in [6, 6.07) is 3.05. The molecule has 110 valence electrons. The molecule has 0 bridgehead atoms. The fourth-order valence-corrected chi connectivity index (χ4v) is 3.59. The Morgan fingerprint density at radius 2 is 2.20 bits per heavy atom. The summed E-state index contributed by atoms with van der Waals surface area (Å²) in [5.74, 6) is 0. The van der Waals surface area contributed by atoms with Gasteiger partial charge in [0.05, 0.1) is 17.1 Å². The largest absolute Gasteiger partial charge is 0.399 e. The summed E-state index contributed by atoms with van der Waals surface area (Å²) >= 11 is 0. The zero-order valence-electron chi connectivity index (χ0n) is 10.8. The average Bonchev–Trinajstić information content (AvgIpc) is 2.74. The molecule has 2 rings (SSSR count). The van der Waals surface area contributed by atoms with E-state index >= 15 is 0 Å². The number of benzene rings is 1. The Morgan fingerprint density at radius 3 is 2.75 bits per heavy atom. The van der Waals surface area contributed by atoms with Gasteiger partial charge in [-0.25, -0.2) is 13.1 Å². The van der Waals surface area contributed by atoms with Gasteiger partial charge < -0.3 is 10.5 Å². The van der Waals surface area contributed by atoms with Crippen LogP contribution in [0.25, 0.3) is 0 Å². The van der Waals surface area contributed by atoms with Gasteiger partial charge in [0.1, 0.15) is 0 Å². The number of ether oxygens (including phenoxy) is 1. The third kappa shape index (κ3) is 2.89. The van der Waals surface area contributed by atoms with Gasteiger partial charge in [-0.2, -0.15) is 0 Å². The maximum Gasteiger partial charge on any atom is 0.289 e. The number of nitro benzene ring substituents is 1. The van der Waals surface area contributed by atoms with Gasteiger partial charge in [0.25, 0.3) is 5.69 Å². The van der Waals surface area contributed by atoms with Crippen molar-refractivity contribution in [2.24, 2.45) is 0 Å². The Kier molecular flexibility index (Phi) is 3.93. The van der Waals surface area contributed by atoms with Crippen molar-refractivity contribution in [3.05, 3.63) is 28.3 Å². The van der Waals surface area contributed by atoms with Crippen LogP contribution in [-0.2, 0) is 14.8 Å². The first-order valence-corrected chi connectivity index (χ1v) is 7.47. The molecular weight excluding hydrogens is 286 g/mol. The quantitative estimate of drug-likeness (QED) is 0.477. The van der Waals surface area contributed by atoms with Gasteiger partial charge >= 0.3 is 0 Å². The van der Waals surface area contributed by atoms with E-state index in [0.717, 1.165) is 12.1 Å². The summed E-state index contributed by atoms with van der Waals surface area (Å²) in [4.78, 5) is 9.75. The van der Waals surface area contributed by atoms with E-state index in [9.17, 15) is 18.5 Å². The number of hydrogen-bond donors (Lipinski definition) is 2. The van der Waals surface area contributed by atoms with E-state index in [1.807, 2.05) is 0 Å². The van der Waals surface area contributed by atoms with Crippen LogP contribution < -0.4 is 10.5 Å². The second-order valence-corrected chi connectivity index (χ2v) is 6.26. The van der Waals surface area contributed by atoms with Crippen molar-refractivity contribution in [3.8, 4) is 0 Å². The zero-order chi connectivity index (χ0) is 14.9. The average molecular weight is 301 g/mol. The minimum Gasteiger partial charge on any atom is -0.399 e. The molecule has 20 heavy (non-hydrogen) atoms. The third-order valence-electron chi connectivity index (χ3n) is 3.15. The van der Waals surface area contributed by atoms with E-state index in [-0.39, 0.29) is 11.8 Å². The first kappa shape index (κ1) is 14.7. The van der Waals surface area contributed by atoms with Crippen LogP contribution in [0.15, 0.2) is 23.1 Å². The number of nitrogens with zero attached hydrogens (tertiary/aromatic N) is 1. The molecule has 0 spiro atoms. The maximum atomic E-state index is 12.3. The molecule has 1 saturated heterocycles. The molecule has 1 aromatic rings. The van der Waals surface area contributed by atoms with Gasteiger partial charge in [0.15, 0.2) is 4.90 Å². The highest BCUT2D eigenvalue weighted by Crippen LogP contribution is 2.27. The van der Waals surface area contributed by atoms with Crippen molar-refractivity contribution >= 4 is 21.4 Å². The van der Waals surface area contributed by atoms with E-state index in [4.69, 9.17) is 10.5 Å². The summed E-state index contributed by atoms with van der Waals surface area (Å²) < 4.78 is 32.3. The standard InChI is InChI=1S/C11H15N3O5S/c1-7-9(4-5-19-7)13-20(17,18)11-6-8(12)2-3-10(11)14(15)16/h2-3,6-7,9,13H,4-5,12H2,1H3. The fourth-order valence-electron chi connectivity index (χ4n) is 2.05. The Morgan fingerprint density at radius 1 is 1.50 bits per heavy atom. The summed E-state index contributed by atoms with van der Waals surface area (Å²) in [6.45, 7) is 2.20. The Bertz CT molecular complexity index is 631. The number of nitro groups is 1. The van der Waals surface area contributed by atoms with Crippen molar-refractivity contribution in [1.82, 2.24) is 4.72 Å². The van der Waals surface area contributed by atoms with Gasteiger partial charge in [0.2, 0.25) is 10.0 Å². The van der Waals surface area contributed by atoms with E-state index in [1.54, 1.807) is 6.92 Å². The van der Waals surface area contributed by atoms with Crippen LogP contribution in [0.4, 0.5) is 11.4 Å². The lowest BCUT2D eigenvalue weighted by Gasteiger charge is -2.16. The van der Waals surface area contributed by atoms with Gasteiger partial charge in [-0.3, -0.25) is 10.1 Å². The molecule has 0 aromatic heterocycles. The number of hydrogen-bond acceptors (Lipinski definition) is 6. The van der Waals surface area contributed by atoms with E-state index in [2.05, 4.69) is 4.72 Å². The summed E-state index contributed by atoms with van der Waals surface area (Å²) in [5.41, 5.74) is 5.16. The number of sulfonamides is 1. The molecule has 1 fully saturated rings.